The first-order valence-electron chi connectivity index (χ1n) is 7.34. The maximum absolute atomic E-state index is 12.0. The molecule has 0 radical (unpaired) electrons. The number of para-hydroxylation sites is 1. The monoisotopic (exact) mass is 338 g/mol. The number of amides is 1. The topological polar surface area (TPSA) is 76.0 Å². The van der Waals surface area contributed by atoms with Gasteiger partial charge in [-0.2, -0.15) is 0 Å². The first kappa shape index (κ1) is 19.2. The number of hydrogen-bond donors (Lipinski definition) is 0. The van der Waals surface area contributed by atoms with Crippen LogP contribution in [0.1, 0.15) is 33.1 Å². The van der Waals surface area contributed by atoms with Crippen LogP contribution in [0, 0.1) is 4.91 Å². The Morgan fingerprint density at radius 1 is 1.22 bits per heavy atom. The molecular weight excluding hydrogens is 316 g/mol. The van der Waals surface area contributed by atoms with E-state index in [1.165, 1.54) is 0 Å². The van der Waals surface area contributed by atoms with Crippen LogP contribution in [-0.2, 0) is 9.59 Å². The van der Waals surface area contributed by atoms with Crippen LogP contribution in [0.15, 0.2) is 34.9 Å². The molecule has 0 atom stereocenters. The molecule has 126 valence electrons. The lowest BCUT2D eigenvalue weighted by Crippen LogP contribution is -2.37. The Labute approximate surface area is 140 Å². The molecule has 0 N–H and O–H groups in total. The molecule has 7 heteroatoms. The maximum atomic E-state index is 12.0. The number of carbonyl (C=O) groups excluding carboxylic acids is 2. The Bertz CT molecular complexity index is 534. The van der Waals surface area contributed by atoms with Gasteiger partial charge in [0, 0.05) is 43.0 Å². The minimum absolute atomic E-state index is 0.0721. The summed E-state index contributed by atoms with van der Waals surface area (Å²) >= 11 is 0.911. The van der Waals surface area contributed by atoms with Gasteiger partial charge in [0.05, 0.1) is 4.75 Å². The van der Waals surface area contributed by atoms with E-state index in [0.717, 1.165) is 11.9 Å². The Morgan fingerprint density at radius 2 is 1.87 bits per heavy atom. The predicted octanol–water partition coefficient (Wildman–Crippen LogP) is 3.41. The second-order valence-electron chi connectivity index (χ2n) is 5.82. The van der Waals surface area contributed by atoms with Crippen molar-refractivity contribution in [3.63, 3.8) is 0 Å². The van der Waals surface area contributed by atoms with Crippen molar-refractivity contribution >= 4 is 23.8 Å². The number of benzene rings is 1. The summed E-state index contributed by atoms with van der Waals surface area (Å²) in [5, 5.41) is 0. The van der Waals surface area contributed by atoms with Gasteiger partial charge in [0.15, 0.2) is 0 Å². The third-order valence-corrected chi connectivity index (χ3v) is 3.77. The molecule has 1 aromatic rings. The van der Waals surface area contributed by atoms with E-state index in [1.807, 2.05) is 19.9 Å². The molecule has 0 saturated carbocycles. The van der Waals surface area contributed by atoms with Gasteiger partial charge in [-0.3, -0.25) is 9.59 Å². The molecule has 0 spiro atoms. The molecule has 0 aliphatic rings. The summed E-state index contributed by atoms with van der Waals surface area (Å²) in [4.78, 5) is 35.6. The lowest BCUT2D eigenvalue weighted by Gasteiger charge is -2.26. The van der Waals surface area contributed by atoms with Crippen molar-refractivity contribution < 1.29 is 14.3 Å². The summed E-state index contributed by atoms with van der Waals surface area (Å²) in [6.07, 6.45) is 0.868. The number of rotatable bonds is 9. The van der Waals surface area contributed by atoms with Crippen LogP contribution in [0.2, 0.25) is 0 Å². The minimum Gasteiger partial charge on any atom is -0.427 e. The quantitative estimate of drug-likeness (QED) is 0.298. The standard InChI is InChI=1S/C16H22N2O4S/c1-16(2,23-17-21)12-18(3)14(19)10-7-11-15(20)22-13-8-5-4-6-9-13/h4-6,8-9H,7,10-12H2,1-3H3. The lowest BCUT2D eigenvalue weighted by atomic mass is 10.1. The van der Waals surface area contributed by atoms with Gasteiger partial charge in [0.25, 0.3) is 0 Å². The van der Waals surface area contributed by atoms with Gasteiger partial charge in [-0.15, -0.1) is 4.91 Å². The van der Waals surface area contributed by atoms with Crippen LogP contribution in [0.25, 0.3) is 0 Å². The largest absolute Gasteiger partial charge is 0.427 e. The van der Waals surface area contributed by atoms with E-state index in [0.29, 0.717) is 18.7 Å². The van der Waals surface area contributed by atoms with Gasteiger partial charge in [-0.25, -0.2) is 0 Å². The highest BCUT2D eigenvalue weighted by molar-refractivity contribution is 7.99. The van der Waals surface area contributed by atoms with E-state index in [9.17, 15) is 14.5 Å². The van der Waals surface area contributed by atoms with Gasteiger partial charge < -0.3 is 9.64 Å². The van der Waals surface area contributed by atoms with Crippen molar-refractivity contribution in [2.75, 3.05) is 13.6 Å². The Balaban J connectivity index is 2.30. The Hall–Kier alpha value is -1.89. The normalized spacial score (nSPS) is 10.9. The summed E-state index contributed by atoms with van der Waals surface area (Å²) in [5.74, 6) is 0.0749. The highest BCUT2D eigenvalue weighted by Crippen LogP contribution is 2.25. The summed E-state index contributed by atoms with van der Waals surface area (Å²) in [5.41, 5.74) is 0. The van der Waals surface area contributed by atoms with Crippen LogP contribution in [-0.4, -0.2) is 35.1 Å². The molecule has 0 fully saturated rings. The van der Waals surface area contributed by atoms with E-state index in [4.69, 9.17) is 4.74 Å². The molecule has 23 heavy (non-hydrogen) atoms. The van der Waals surface area contributed by atoms with E-state index in [1.54, 1.807) is 36.2 Å². The van der Waals surface area contributed by atoms with Gasteiger partial charge in [-0.05, 0) is 32.4 Å². The average molecular weight is 338 g/mol. The van der Waals surface area contributed by atoms with Gasteiger partial charge in [0.2, 0.25) is 5.91 Å². The summed E-state index contributed by atoms with van der Waals surface area (Å²) in [6.45, 7) is 4.11. The van der Waals surface area contributed by atoms with Crippen LogP contribution < -0.4 is 4.74 Å². The van der Waals surface area contributed by atoms with Crippen LogP contribution >= 0.6 is 11.9 Å². The zero-order valence-electron chi connectivity index (χ0n) is 13.7. The zero-order valence-corrected chi connectivity index (χ0v) is 14.5. The second kappa shape index (κ2) is 9.29. The van der Waals surface area contributed by atoms with Crippen LogP contribution in [0.3, 0.4) is 0 Å². The van der Waals surface area contributed by atoms with Crippen LogP contribution in [0.4, 0.5) is 0 Å². The molecule has 0 aliphatic carbocycles. The van der Waals surface area contributed by atoms with Crippen molar-refractivity contribution in [1.82, 2.24) is 4.90 Å². The van der Waals surface area contributed by atoms with Gasteiger partial charge in [-0.1, -0.05) is 18.2 Å². The van der Waals surface area contributed by atoms with Gasteiger partial charge >= 0.3 is 5.97 Å². The lowest BCUT2D eigenvalue weighted by molar-refractivity contribution is -0.135. The number of nitroso groups, excluding NO2 is 1. The third-order valence-electron chi connectivity index (χ3n) is 3.07. The molecule has 0 aromatic heterocycles. The maximum Gasteiger partial charge on any atom is 0.311 e. The summed E-state index contributed by atoms with van der Waals surface area (Å²) < 4.78 is 7.54. The molecule has 1 rings (SSSR count). The fourth-order valence-electron chi connectivity index (χ4n) is 2.03. The first-order chi connectivity index (χ1) is 10.8. The SMILES string of the molecule is CN(CC(C)(C)SN=O)C(=O)CCCC(=O)Oc1ccccc1. The summed E-state index contributed by atoms with van der Waals surface area (Å²) in [7, 11) is 1.68. The molecule has 0 saturated heterocycles. The fraction of sp³-hybridized carbons (Fsp3) is 0.500. The van der Waals surface area contributed by atoms with Crippen molar-refractivity contribution in [3.8, 4) is 5.75 Å². The van der Waals surface area contributed by atoms with Crippen molar-refractivity contribution in [2.24, 2.45) is 4.58 Å². The molecule has 0 heterocycles. The van der Waals surface area contributed by atoms with E-state index in [-0.39, 0.29) is 24.7 Å². The van der Waals surface area contributed by atoms with Crippen LogP contribution in [0.5, 0.6) is 5.75 Å². The highest BCUT2D eigenvalue weighted by atomic mass is 32.2. The number of carbonyl (C=O) groups is 2. The molecule has 0 aliphatic heterocycles. The minimum atomic E-state index is -0.432. The second-order valence-corrected chi connectivity index (χ2v) is 7.25. The summed E-state index contributed by atoms with van der Waals surface area (Å²) in [6, 6.07) is 8.82. The molecular formula is C16H22N2O4S. The smallest absolute Gasteiger partial charge is 0.311 e. The van der Waals surface area contributed by atoms with E-state index in [2.05, 4.69) is 4.58 Å². The third kappa shape index (κ3) is 7.78. The molecule has 0 unspecified atom stereocenters. The predicted molar refractivity (Wildman–Crippen MR) is 91.0 cm³/mol. The number of nitrogens with zero attached hydrogens (tertiary/aromatic N) is 2. The molecule has 1 aromatic carbocycles. The number of hydrogen-bond acceptors (Lipinski definition) is 6. The van der Waals surface area contributed by atoms with Crippen molar-refractivity contribution in [3.05, 3.63) is 35.2 Å². The van der Waals surface area contributed by atoms with Crippen molar-refractivity contribution in [2.45, 2.75) is 37.9 Å². The fourth-order valence-corrected chi connectivity index (χ4v) is 2.49. The number of esters is 1. The number of ether oxygens (including phenoxy) is 1. The van der Waals surface area contributed by atoms with E-state index >= 15 is 0 Å². The Kier molecular flexibility index (Phi) is 7.74. The first-order valence-corrected chi connectivity index (χ1v) is 8.12. The Morgan fingerprint density at radius 3 is 2.48 bits per heavy atom. The molecule has 0 bridgehead atoms. The zero-order chi connectivity index (χ0) is 17.3. The van der Waals surface area contributed by atoms with E-state index < -0.39 is 4.75 Å². The average Bonchev–Trinajstić information content (AvgIpc) is 2.47. The molecule has 1 amide bonds. The molecule has 6 nitrogen and oxygen atoms in total. The highest BCUT2D eigenvalue weighted by Gasteiger charge is 2.24. The van der Waals surface area contributed by atoms with Gasteiger partial charge in [0.1, 0.15) is 5.75 Å². The van der Waals surface area contributed by atoms with Crippen molar-refractivity contribution in [1.29, 1.82) is 0 Å².